The molecule has 172 valence electrons. The second-order valence-electron chi connectivity index (χ2n) is 8.09. The van der Waals surface area contributed by atoms with E-state index in [4.69, 9.17) is 21.3 Å². The second-order valence-corrected chi connectivity index (χ2v) is 9.38. The first-order valence-electron chi connectivity index (χ1n) is 10.8. The molecule has 1 aliphatic rings. The number of ether oxygens (including phenoxy) is 1. The Morgan fingerprint density at radius 1 is 1.30 bits per heavy atom. The number of halogens is 2. The summed E-state index contributed by atoms with van der Waals surface area (Å²) < 4.78 is 7.47. The SMILES string of the molecule is C[C@H](Oc1c(Br)cc(Cl)cc1C=Nn1c(C2CCCCC2)nc2ccccc2c1=O)C(=O)O. The largest absolute Gasteiger partial charge is 0.479 e. The zero-order chi connectivity index (χ0) is 23.5. The van der Waals surface area contributed by atoms with Crippen LogP contribution >= 0.6 is 27.5 Å². The molecule has 9 heteroatoms. The number of benzene rings is 2. The lowest BCUT2D eigenvalue weighted by Gasteiger charge is -2.22. The van der Waals surface area contributed by atoms with Crippen molar-refractivity contribution >= 4 is 50.6 Å². The molecule has 4 rings (SSSR count). The van der Waals surface area contributed by atoms with Crippen molar-refractivity contribution in [3.8, 4) is 5.75 Å². The molecule has 1 aromatic heterocycles. The summed E-state index contributed by atoms with van der Waals surface area (Å²) in [5.41, 5.74) is 0.844. The highest BCUT2D eigenvalue weighted by molar-refractivity contribution is 9.10. The fourth-order valence-corrected chi connectivity index (χ4v) is 4.95. The maximum absolute atomic E-state index is 13.4. The van der Waals surface area contributed by atoms with Crippen molar-refractivity contribution in [3.63, 3.8) is 0 Å². The molecule has 1 atom stereocenters. The van der Waals surface area contributed by atoms with Crippen molar-refractivity contribution in [2.24, 2.45) is 5.10 Å². The maximum Gasteiger partial charge on any atom is 0.344 e. The Morgan fingerprint density at radius 3 is 2.76 bits per heavy atom. The lowest BCUT2D eigenvalue weighted by atomic mass is 9.88. The molecule has 1 N–H and O–H groups in total. The van der Waals surface area contributed by atoms with Gasteiger partial charge in [-0.3, -0.25) is 4.79 Å². The topological polar surface area (TPSA) is 93.8 Å². The number of aromatic nitrogens is 2. The third-order valence-electron chi connectivity index (χ3n) is 5.74. The summed E-state index contributed by atoms with van der Waals surface area (Å²) in [7, 11) is 0. The summed E-state index contributed by atoms with van der Waals surface area (Å²) in [4.78, 5) is 29.5. The van der Waals surface area contributed by atoms with Gasteiger partial charge >= 0.3 is 5.97 Å². The quantitative estimate of drug-likeness (QED) is 0.417. The fraction of sp³-hybridized carbons (Fsp3) is 0.333. The van der Waals surface area contributed by atoms with Crippen LogP contribution in [0.15, 0.2) is 50.8 Å². The maximum atomic E-state index is 13.4. The van der Waals surface area contributed by atoms with Gasteiger partial charge in [0.05, 0.1) is 21.6 Å². The summed E-state index contributed by atoms with van der Waals surface area (Å²) in [5, 5.41) is 14.7. The standard InChI is InChI=1S/C24H23BrClN3O4/c1-14(24(31)32)33-21-16(11-17(26)12-19(21)25)13-27-29-22(15-7-3-2-4-8-15)28-20-10-6-5-9-18(20)23(29)30/h5-6,9-15H,2-4,7-8H2,1H3,(H,31,32)/t14-/m0/s1. The Labute approximate surface area is 204 Å². The van der Waals surface area contributed by atoms with E-state index in [2.05, 4.69) is 21.0 Å². The third-order valence-corrected chi connectivity index (χ3v) is 6.55. The van der Waals surface area contributed by atoms with E-state index in [1.54, 1.807) is 24.3 Å². The normalized spacial score (nSPS) is 15.7. The van der Waals surface area contributed by atoms with Crippen LogP contribution in [-0.2, 0) is 4.79 Å². The van der Waals surface area contributed by atoms with Crippen LogP contribution in [0.25, 0.3) is 10.9 Å². The molecule has 0 saturated heterocycles. The molecule has 0 unspecified atom stereocenters. The summed E-state index contributed by atoms with van der Waals surface area (Å²) in [6, 6.07) is 10.5. The van der Waals surface area contributed by atoms with E-state index in [0.717, 1.165) is 25.7 Å². The van der Waals surface area contributed by atoms with Crippen molar-refractivity contribution < 1.29 is 14.6 Å². The number of carboxylic acids is 1. The van der Waals surface area contributed by atoms with E-state index in [-0.39, 0.29) is 17.2 Å². The van der Waals surface area contributed by atoms with Crippen molar-refractivity contribution in [2.75, 3.05) is 0 Å². The number of carboxylic acid groups (broad SMARTS) is 1. The van der Waals surface area contributed by atoms with Gasteiger partial charge < -0.3 is 9.84 Å². The number of rotatable bonds is 6. The van der Waals surface area contributed by atoms with Crippen molar-refractivity contribution in [2.45, 2.75) is 51.0 Å². The Hall–Kier alpha value is -2.71. The molecule has 0 bridgehead atoms. The monoisotopic (exact) mass is 531 g/mol. The van der Waals surface area contributed by atoms with Crippen LogP contribution in [0, 0.1) is 0 Å². The van der Waals surface area contributed by atoms with Gasteiger partial charge in [0.2, 0.25) is 0 Å². The third kappa shape index (κ3) is 5.12. The minimum Gasteiger partial charge on any atom is -0.479 e. The average molecular weight is 533 g/mol. The van der Waals surface area contributed by atoms with Gasteiger partial charge in [-0.05, 0) is 60.0 Å². The molecule has 7 nitrogen and oxygen atoms in total. The first-order valence-corrected chi connectivity index (χ1v) is 12.0. The Balaban J connectivity index is 1.83. The molecule has 3 aromatic rings. The van der Waals surface area contributed by atoms with Gasteiger partial charge in [0, 0.05) is 16.5 Å². The molecule has 1 fully saturated rings. The fourth-order valence-electron chi connectivity index (χ4n) is 4.03. The van der Waals surface area contributed by atoms with Crippen LogP contribution in [0.3, 0.4) is 0 Å². The molecule has 0 aliphatic heterocycles. The summed E-state index contributed by atoms with van der Waals surface area (Å²) in [6.07, 6.45) is 5.63. The van der Waals surface area contributed by atoms with E-state index in [1.807, 2.05) is 12.1 Å². The van der Waals surface area contributed by atoms with E-state index in [0.29, 0.717) is 31.8 Å². The summed E-state index contributed by atoms with van der Waals surface area (Å²) >= 11 is 9.60. The predicted molar refractivity (Wildman–Crippen MR) is 132 cm³/mol. The van der Waals surface area contributed by atoms with Crippen molar-refractivity contribution in [1.29, 1.82) is 0 Å². The van der Waals surface area contributed by atoms with Gasteiger partial charge in [-0.2, -0.15) is 9.78 Å². The van der Waals surface area contributed by atoms with Crippen LogP contribution in [0.4, 0.5) is 0 Å². The van der Waals surface area contributed by atoms with Crippen LogP contribution < -0.4 is 10.3 Å². The Morgan fingerprint density at radius 2 is 2.03 bits per heavy atom. The van der Waals surface area contributed by atoms with E-state index < -0.39 is 12.1 Å². The first kappa shape index (κ1) is 23.4. The van der Waals surface area contributed by atoms with Gasteiger partial charge in [0.15, 0.2) is 6.10 Å². The molecular weight excluding hydrogens is 510 g/mol. The molecule has 1 saturated carbocycles. The minimum absolute atomic E-state index is 0.141. The van der Waals surface area contributed by atoms with E-state index in [9.17, 15) is 14.7 Å². The van der Waals surface area contributed by atoms with Gasteiger partial charge in [-0.15, -0.1) is 0 Å². The highest BCUT2D eigenvalue weighted by atomic mass is 79.9. The number of carbonyl (C=O) groups is 1. The van der Waals surface area contributed by atoms with Crippen molar-refractivity contribution in [3.05, 3.63) is 67.6 Å². The van der Waals surface area contributed by atoms with Gasteiger partial charge in [-0.25, -0.2) is 9.78 Å². The lowest BCUT2D eigenvalue weighted by Crippen LogP contribution is -2.25. The highest BCUT2D eigenvalue weighted by Crippen LogP contribution is 2.34. The van der Waals surface area contributed by atoms with Crippen molar-refractivity contribution in [1.82, 2.24) is 9.66 Å². The molecule has 1 heterocycles. The number of para-hydroxylation sites is 1. The number of fused-ring (bicyclic) bond motifs is 1. The smallest absolute Gasteiger partial charge is 0.344 e. The minimum atomic E-state index is -1.10. The van der Waals surface area contributed by atoms with Crippen LogP contribution in [0.5, 0.6) is 5.75 Å². The highest BCUT2D eigenvalue weighted by Gasteiger charge is 2.23. The number of aliphatic carboxylic acids is 1. The molecule has 2 aromatic carbocycles. The van der Waals surface area contributed by atoms with Crippen LogP contribution in [0.1, 0.15) is 56.3 Å². The number of hydrogen-bond acceptors (Lipinski definition) is 5. The van der Waals surface area contributed by atoms with Gasteiger partial charge in [0.1, 0.15) is 11.6 Å². The van der Waals surface area contributed by atoms with Crippen LogP contribution in [-0.4, -0.2) is 33.1 Å². The molecule has 0 spiro atoms. The second kappa shape index (κ2) is 10.1. The van der Waals surface area contributed by atoms with Crippen LogP contribution in [0.2, 0.25) is 5.02 Å². The zero-order valence-electron chi connectivity index (χ0n) is 18.0. The van der Waals surface area contributed by atoms with Gasteiger partial charge in [0.25, 0.3) is 5.56 Å². The summed E-state index contributed by atoms with van der Waals surface area (Å²) in [5.74, 6) is -0.0486. The predicted octanol–water partition coefficient (Wildman–Crippen LogP) is 5.59. The van der Waals surface area contributed by atoms with E-state index >= 15 is 0 Å². The molecule has 1 aliphatic carbocycles. The first-order chi connectivity index (χ1) is 15.8. The molecule has 0 radical (unpaired) electrons. The number of hydrogen-bond donors (Lipinski definition) is 1. The molecule has 33 heavy (non-hydrogen) atoms. The zero-order valence-corrected chi connectivity index (χ0v) is 20.3. The number of nitrogens with zero attached hydrogens (tertiary/aromatic N) is 3. The van der Waals surface area contributed by atoms with Gasteiger partial charge in [-0.1, -0.05) is 43.0 Å². The molecular formula is C24H23BrClN3O4. The summed E-state index contributed by atoms with van der Waals surface area (Å²) in [6.45, 7) is 1.43. The Kier molecular flexibility index (Phi) is 7.14. The van der Waals surface area contributed by atoms with E-state index in [1.165, 1.54) is 24.2 Å². The Bertz CT molecular complexity index is 1280. The lowest BCUT2D eigenvalue weighted by molar-refractivity contribution is -0.144. The molecule has 0 amide bonds. The average Bonchev–Trinajstić information content (AvgIpc) is 2.80.